The van der Waals surface area contributed by atoms with Crippen molar-refractivity contribution < 1.29 is 22.7 Å². The van der Waals surface area contributed by atoms with E-state index in [1.807, 2.05) is 54.6 Å². The van der Waals surface area contributed by atoms with Crippen LogP contribution < -0.4 is 5.32 Å². The molecule has 144 valence electrons. The zero-order valence-electron chi connectivity index (χ0n) is 15.1. The molecule has 1 N–H and O–H groups in total. The van der Waals surface area contributed by atoms with Gasteiger partial charge >= 0.3 is 5.97 Å². The molecular weight excluding hydrogens is 378 g/mol. The molecule has 0 bridgehead atoms. The summed E-state index contributed by atoms with van der Waals surface area (Å²) < 4.78 is 28.2. The molecule has 0 aliphatic carbocycles. The summed E-state index contributed by atoms with van der Waals surface area (Å²) in [6.07, 6.45) is 0.385. The van der Waals surface area contributed by atoms with Crippen LogP contribution in [0, 0.1) is 0 Å². The summed E-state index contributed by atoms with van der Waals surface area (Å²) in [5.74, 6) is -1.08. The fraction of sp³-hybridized carbons (Fsp3) is 0.238. The number of hydrogen-bond donors (Lipinski definition) is 1. The van der Waals surface area contributed by atoms with Crippen molar-refractivity contribution in [2.45, 2.75) is 12.5 Å². The summed E-state index contributed by atoms with van der Waals surface area (Å²) in [6.45, 7) is -0.451. The smallest absolute Gasteiger partial charge is 0.339 e. The van der Waals surface area contributed by atoms with Gasteiger partial charge in [0.25, 0.3) is 5.91 Å². The lowest BCUT2D eigenvalue weighted by Gasteiger charge is -2.13. The van der Waals surface area contributed by atoms with E-state index in [2.05, 4.69) is 5.32 Å². The van der Waals surface area contributed by atoms with E-state index in [4.69, 9.17) is 4.74 Å². The zero-order chi connectivity index (χ0) is 19.7. The molecule has 28 heavy (non-hydrogen) atoms. The number of nitrogens with one attached hydrogen (secondary N) is 1. The Balaban J connectivity index is 1.54. The maximum atomic E-state index is 12.8. The second-order valence-electron chi connectivity index (χ2n) is 6.94. The van der Waals surface area contributed by atoms with Gasteiger partial charge in [-0.25, -0.2) is 13.2 Å². The van der Waals surface area contributed by atoms with Crippen LogP contribution in [0.1, 0.15) is 16.8 Å². The lowest BCUT2D eigenvalue weighted by atomic mass is 9.97. The molecule has 1 aliphatic heterocycles. The summed E-state index contributed by atoms with van der Waals surface area (Å²) in [6, 6.07) is 16.6. The molecule has 1 saturated heterocycles. The van der Waals surface area contributed by atoms with Crippen molar-refractivity contribution in [3.8, 4) is 0 Å². The van der Waals surface area contributed by atoms with Crippen LogP contribution in [0.5, 0.6) is 0 Å². The molecule has 7 heteroatoms. The minimum atomic E-state index is -3.09. The normalized spacial score (nSPS) is 18.2. The van der Waals surface area contributed by atoms with Gasteiger partial charge in [0.2, 0.25) is 0 Å². The SMILES string of the molecule is O=C(COC(=O)c1c2ccccc2cc2ccccc12)NC1CCS(=O)(=O)C1. The molecule has 3 aromatic carbocycles. The number of benzene rings is 3. The first-order chi connectivity index (χ1) is 13.4. The Labute approximate surface area is 162 Å². The fourth-order valence-corrected chi connectivity index (χ4v) is 5.29. The molecule has 0 radical (unpaired) electrons. The van der Waals surface area contributed by atoms with E-state index in [1.165, 1.54) is 0 Å². The van der Waals surface area contributed by atoms with Gasteiger partial charge in [-0.15, -0.1) is 0 Å². The Morgan fingerprint density at radius 2 is 1.61 bits per heavy atom. The van der Waals surface area contributed by atoms with E-state index in [0.29, 0.717) is 12.0 Å². The number of fused-ring (bicyclic) bond motifs is 2. The van der Waals surface area contributed by atoms with Gasteiger partial charge in [0.1, 0.15) is 0 Å². The van der Waals surface area contributed by atoms with Crippen molar-refractivity contribution in [3.63, 3.8) is 0 Å². The molecule has 1 fully saturated rings. The molecular formula is C21H19NO5S. The third-order valence-corrected chi connectivity index (χ3v) is 6.68. The van der Waals surface area contributed by atoms with E-state index >= 15 is 0 Å². The molecule has 0 spiro atoms. The third kappa shape index (κ3) is 3.71. The number of rotatable bonds is 4. The van der Waals surface area contributed by atoms with E-state index < -0.39 is 34.4 Å². The summed E-state index contributed by atoms with van der Waals surface area (Å²) in [5.41, 5.74) is 0.421. The van der Waals surface area contributed by atoms with E-state index in [9.17, 15) is 18.0 Å². The highest BCUT2D eigenvalue weighted by Gasteiger charge is 2.29. The standard InChI is InChI=1S/C21H19NO5S/c23-19(22-16-9-10-28(25,26)13-16)12-27-21(24)20-17-7-3-1-5-14(17)11-15-6-2-4-8-18(15)20/h1-8,11,16H,9-10,12-13H2,(H,22,23). The molecule has 0 aromatic heterocycles. The summed E-state index contributed by atoms with van der Waals surface area (Å²) in [4.78, 5) is 24.9. The quantitative estimate of drug-likeness (QED) is 0.540. The highest BCUT2D eigenvalue weighted by Crippen LogP contribution is 2.29. The molecule has 4 rings (SSSR count). The van der Waals surface area contributed by atoms with Crippen LogP contribution in [0.25, 0.3) is 21.5 Å². The molecule has 6 nitrogen and oxygen atoms in total. The van der Waals surface area contributed by atoms with E-state index in [1.54, 1.807) is 0 Å². The molecule has 1 atom stereocenters. The van der Waals surface area contributed by atoms with Crippen LogP contribution in [-0.2, 0) is 19.4 Å². The van der Waals surface area contributed by atoms with Crippen LogP contribution in [0.3, 0.4) is 0 Å². The van der Waals surface area contributed by atoms with Gasteiger partial charge in [0, 0.05) is 6.04 Å². The maximum absolute atomic E-state index is 12.8. The summed E-state index contributed by atoms with van der Waals surface area (Å²) in [7, 11) is -3.09. The molecule has 0 saturated carbocycles. The van der Waals surface area contributed by atoms with Crippen LogP contribution in [-0.4, -0.2) is 44.4 Å². The average molecular weight is 397 g/mol. The highest BCUT2D eigenvalue weighted by atomic mass is 32.2. The lowest BCUT2D eigenvalue weighted by Crippen LogP contribution is -2.38. The van der Waals surface area contributed by atoms with Gasteiger partial charge < -0.3 is 10.1 Å². The zero-order valence-corrected chi connectivity index (χ0v) is 15.9. The maximum Gasteiger partial charge on any atom is 0.339 e. The van der Waals surface area contributed by atoms with E-state index in [-0.39, 0.29) is 11.5 Å². The minimum Gasteiger partial charge on any atom is -0.452 e. The lowest BCUT2D eigenvalue weighted by molar-refractivity contribution is -0.124. The molecule has 1 unspecified atom stereocenters. The van der Waals surface area contributed by atoms with Crippen LogP contribution >= 0.6 is 0 Å². The first-order valence-electron chi connectivity index (χ1n) is 9.00. The van der Waals surface area contributed by atoms with Gasteiger partial charge in [0.15, 0.2) is 16.4 Å². The number of hydrogen-bond acceptors (Lipinski definition) is 5. The highest BCUT2D eigenvalue weighted by molar-refractivity contribution is 7.91. The Morgan fingerprint density at radius 3 is 2.18 bits per heavy atom. The number of ether oxygens (including phenoxy) is 1. The second kappa shape index (κ2) is 7.24. The van der Waals surface area contributed by atoms with E-state index in [0.717, 1.165) is 21.5 Å². The molecule has 1 aliphatic rings. The van der Waals surface area contributed by atoms with Crippen molar-refractivity contribution in [2.75, 3.05) is 18.1 Å². The number of carbonyl (C=O) groups excluding carboxylic acids is 2. The fourth-order valence-electron chi connectivity index (χ4n) is 3.62. The Hall–Kier alpha value is -2.93. The monoisotopic (exact) mass is 397 g/mol. The van der Waals surface area contributed by atoms with Crippen molar-refractivity contribution in [2.24, 2.45) is 0 Å². The topological polar surface area (TPSA) is 89.5 Å². The molecule has 3 aromatic rings. The number of esters is 1. The Kier molecular flexibility index (Phi) is 4.77. The van der Waals surface area contributed by atoms with Gasteiger partial charge in [-0.1, -0.05) is 48.5 Å². The van der Waals surface area contributed by atoms with Crippen molar-refractivity contribution in [1.29, 1.82) is 0 Å². The second-order valence-corrected chi connectivity index (χ2v) is 9.17. The predicted molar refractivity (Wildman–Crippen MR) is 107 cm³/mol. The van der Waals surface area contributed by atoms with Gasteiger partial charge in [0.05, 0.1) is 17.1 Å². The van der Waals surface area contributed by atoms with Crippen molar-refractivity contribution >= 4 is 43.3 Å². The van der Waals surface area contributed by atoms with Gasteiger partial charge in [-0.05, 0) is 34.0 Å². The Morgan fingerprint density at radius 1 is 1.00 bits per heavy atom. The average Bonchev–Trinajstić information content (AvgIpc) is 3.02. The Bertz CT molecular complexity index is 1130. The van der Waals surface area contributed by atoms with Gasteiger partial charge in [-0.2, -0.15) is 0 Å². The number of amides is 1. The van der Waals surface area contributed by atoms with Crippen LogP contribution in [0.15, 0.2) is 54.6 Å². The number of sulfone groups is 1. The number of carbonyl (C=O) groups is 2. The van der Waals surface area contributed by atoms with Crippen molar-refractivity contribution in [1.82, 2.24) is 5.32 Å². The largest absolute Gasteiger partial charge is 0.452 e. The summed E-state index contributed by atoms with van der Waals surface area (Å²) >= 11 is 0. The van der Waals surface area contributed by atoms with Crippen LogP contribution in [0.4, 0.5) is 0 Å². The first kappa shape index (κ1) is 18.4. The van der Waals surface area contributed by atoms with Crippen molar-refractivity contribution in [3.05, 3.63) is 60.2 Å². The third-order valence-electron chi connectivity index (χ3n) is 4.91. The minimum absolute atomic E-state index is 0.0688. The molecule has 1 heterocycles. The predicted octanol–water partition coefficient (Wildman–Crippen LogP) is 2.45. The first-order valence-corrected chi connectivity index (χ1v) is 10.8. The van der Waals surface area contributed by atoms with Gasteiger partial charge in [-0.3, -0.25) is 4.79 Å². The van der Waals surface area contributed by atoms with Crippen LogP contribution in [0.2, 0.25) is 0 Å². The summed E-state index contributed by atoms with van der Waals surface area (Å²) in [5, 5.41) is 5.96. The molecule has 1 amide bonds.